The van der Waals surface area contributed by atoms with Crippen LogP contribution in [0.1, 0.15) is 31.8 Å². The normalized spacial score (nSPS) is 10.4. The summed E-state index contributed by atoms with van der Waals surface area (Å²) < 4.78 is 0. The maximum absolute atomic E-state index is 11.8. The summed E-state index contributed by atoms with van der Waals surface area (Å²) in [7, 11) is 0. The van der Waals surface area contributed by atoms with E-state index in [0.29, 0.717) is 17.5 Å². The second-order valence-corrected chi connectivity index (χ2v) is 5.70. The summed E-state index contributed by atoms with van der Waals surface area (Å²) in [5, 5.41) is 19.0. The van der Waals surface area contributed by atoms with E-state index >= 15 is 0 Å². The summed E-state index contributed by atoms with van der Waals surface area (Å²) in [6, 6.07) is 21.5. The van der Waals surface area contributed by atoms with Gasteiger partial charge in [-0.25, -0.2) is 9.59 Å². The quantitative estimate of drug-likeness (QED) is 0.729. The van der Waals surface area contributed by atoms with Crippen LogP contribution in [0.4, 0.5) is 0 Å². The van der Waals surface area contributed by atoms with Crippen molar-refractivity contribution in [1.29, 1.82) is 0 Å². The molecule has 0 aliphatic heterocycles. The maximum Gasteiger partial charge on any atom is 0.336 e. The summed E-state index contributed by atoms with van der Waals surface area (Å²) in [4.78, 5) is 23.2. The van der Waals surface area contributed by atoms with Gasteiger partial charge in [-0.05, 0) is 40.8 Å². The van der Waals surface area contributed by atoms with Gasteiger partial charge in [-0.3, -0.25) is 0 Å². The van der Waals surface area contributed by atoms with E-state index in [0.717, 1.165) is 11.1 Å². The molecule has 0 aliphatic rings. The molecule has 25 heavy (non-hydrogen) atoms. The molecule has 0 aliphatic carbocycles. The van der Waals surface area contributed by atoms with Gasteiger partial charge in [0, 0.05) is 0 Å². The molecule has 124 valence electrons. The average molecular weight is 332 g/mol. The van der Waals surface area contributed by atoms with Crippen LogP contribution in [0, 0.1) is 0 Å². The van der Waals surface area contributed by atoms with Crippen molar-refractivity contribution in [3.8, 4) is 11.1 Å². The van der Waals surface area contributed by atoms with Crippen molar-refractivity contribution in [3.05, 3.63) is 95.1 Å². The van der Waals surface area contributed by atoms with Crippen molar-refractivity contribution < 1.29 is 19.8 Å². The van der Waals surface area contributed by atoms with Gasteiger partial charge in [0.15, 0.2) is 0 Å². The van der Waals surface area contributed by atoms with Crippen LogP contribution in [0.5, 0.6) is 0 Å². The molecule has 0 amide bonds. The zero-order valence-electron chi connectivity index (χ0n) is 13.3. The highest BCUT2D eigenvalue weighted by Crippen LogP contribution is 2.31. The molecule has 0 aromatic heterocycles. The Morgan fingerprint density at radius 1 is 0.760 bits per heavy atom. The van der Waals surface area contributed by atoms with Crippen LogP contribution in [-0.2, 0) is 6.42 Å². The molecule has 0 saturated carbocycles. The topological polar surface area (TPSA) is 74.6 Å². The van der Waals surface area contributed by atoms with E-state index in [2.05, 4.69) is 0 Å². The van der Waals surface area contributed by atoms with E-state index in [1.165, 1.54) is 6.07 Å². The van der Waals surface area contributed by atoms with Crippen molar-refractivity contribution >= 4 is 11.9 Å². The van der Waals surface area contributed by atoms with Gasteiger partial charge in [-0.2, -0.15) is 0 Å². The lowest BCUT2D eigenvalue weighted by Gasteiger charge is -2.15. The second-order valence-electron chi connectivity index (χ2n) is 5.70. The molecule has 0 radical (unpaired) electrons. The first-order valence-electron chi connectivity index (χ1n) is 7.79. The molecule has 4 heteroatoms. The van der Waals surface area contributed by atoms with Crippen LogP contribution < -0.4 is 0 Å². The molecule has 0 atom stereocenters. The largest absolute Gasteiger partial charge is 0.478 e. The molecule has 0 heterocycles. The van der Waals surface area contributed by atoms with Crippen LogP contribution in [0.15, 0.2) is 72.8 Å². The maximum atomic E-state index is 11.8. The third kappa shape index (κ3) is 3.58. The van der Waals surface area contributed by atoms with Gasteiger partial charge in [0.1, 0.15) is 0 Å². The highest BCUT2D eigenvalue weighted by molar-refractivity contribution is 6.00. The smallest absolute Gasteiger partial charge is 0.336 e. The molecule has 2 N–H and O–H groups in total. The van der Waals surface area contributed by atoms with Gasteiger partial charge in [-0.15, -0.1) is 0 Å². The lowest BCUT2D eigenvalue weighted by Crippen LogP contribution is -2.08. The van der Waals surface area contributed by atoms with E-state index in [1.807, 2.05) is 60.7 Å². The Bertz CT molecular complexity index is 915. The Balaban J connectivity index is 2.25. The summed E-state index contributed by atoms with van der Waals surface area (Å²) in [6.45, 7) is 0. The number of carboxylic acid groups (broad SMARTS) is 2. The van der Waals surface area contributed by atoms with Crippen molar-refractivity contribution in [2.45, 2.75) is 6.42 Å². The van der Waals surface area contributed by atoms with E-state index in [9.17, 15) is 19.8 Å². The average Bonchev–Trinajstić information content (AvgIpc) is 2.62. The van der Waals surface area contributed by atoms with Gasteiger partial charge in [0.05, 0.1) is 11.1 Å². The predicted octanol–water partition coefficient (Wildman–Crippen LogP) is 4.34. The Kier molecular flexibility index (Phi) is 4.61. The lowest BCUT2D eigenvalue weighted by molar-refractivity contribution is 0.0696. The molecule has 3 aromatic rings. The Labute approximate surface area is 145 Å². The SMILES string of the molecule is O=C(O)c1cc(Cc2ccccc2)c(-c2ccccc2)c(C(=O)O)c1. The summed E-state index contributed by atoms with van der Waals surface area (Å²) in [5.41, 5.74) is 2.94. The minimum Gasteiger partial charge on any atom is -0.478 e. The van der Waals surface area contributed by atoms with Crippen LogP contribution in [0.3, 0.4) is 0 Å². The van der Waals surface area contributed by atoms with Crippen LogP contribution in [0.25, 0.3) is 11.1 Å². The van der Waals surface area contributed by atoms with Crippen molar-refractivity contribution in [2.24, 2.45) is 0 Å². The molecular weight excluding hydrogens is 316 g/mol. The van der Waals surface area contributed by atoms with Crippen LogP contribution in [0.2, 0.25) is 0 Å². The summed E-state index contributed by atoms with van der Waals surface area (Å²) >= 11 is 0. The molecule has 4 nitrogen and oxygen atoms in total. The monoisotopic (exact) mass is 332 g/mol. The summed E-state index contributed by atoms with van der Waals surface area (Å²) in [6.07, 6.45) is 0.451. The third-order valence-corrected chi connectivity index (χ3v) is 4.00. The minimum absolute atomic E-state index is 0.00275. The zero-order chi connectivity index (χ0) is 17.8. The van der Waals surface area contributed by atoms with Gasteiger partial charge in [-0.1, -0.05) is 60.7 Å². The molecule has 0 bridgehead atoms. The second kappa shape index (κ2) is 7.01. The Hall–Kier alpha value is -3.40. The highest BCUT2D eigenvalue weighted by atomic mass is 16.4. The van der Waals surface area contributed by atoms with E-state index < -0.39 is 11.9 Å². The molecule has 3 rings (SSSR count). The van der Waals surface area contributed by atoms with E-state index in [1.54, 1.807) is 6.07 Å². The van der Waals surface area contributed by atoms with Crippen molar-refractivity contribution in [3.63, 3.8) is 0 Å². The fourth-order valence-electron chi connectivity index (χ4n) is 2.90. The lowest BCUT2D eigenvalue weighted by atomic mass is 9.89. The standard InChI is InChI=1S/C21H16O4/c22-20(23)17-12-16(11-14-7-3-1-4-8-14)19(18(13-17)21(24)25)15-9-5-2-6-10-15/h1-10,12-13H,11H2,(H,22,23)(H,24,25). The molecule has 3 aromatic carbocycles. The molecule has 0 saturated heterocycles. The van der Waals surface area contributed by atoms with Crippen LogP contribution in [-0.4, -0.2) is 22.2 Å². The number of rotatable bonds is 5. The number of carbonyl (C=O) groups is 2. The first-order chi connectivity index (χ1) is 12.1. The number of hydrogen-bond donors (Lipinski definition) is 2. The predicted molar refractivity (Wildman–Crippen MR) is 95.0 cm³/mol. The fourth-order valence-corrected chi connectivity index (χ4v) is 2.90. The fraction of sp³-hybridized carbons (Fsp3) is 0.0476. The summed E-state index contributed by atoms with van der Waals surface area (Å²) in [5.74, 6) is -2.28. The van der Waals surface area contributed by atoms with Crippen LogP contribution >= 0.6 is 0 Å². The van der Waals surface area contributed by atoms with Gasteiger partial charge >= 0.3 is 11.9 Å². The van der Waals surface area contributed by atoms with Gasteiger partial charge < -0.3 is 10.2 Å². The molecule has 0 unspecified atom stereocenters. The van der Waals surface area contributed by atoms with Gasteiger partial charge in [0.25, 0.3) is 0 Å². The van der Waals surface area contributed by atoms with E-state index in [-0.39, 0.29) is 11.1 Å². The number of hydrogen-bond acceptors (Lipinski definition) is 2. The molecule has 0 fully saturated rings. The minimum atomic E-state index is -1.14. The third-order valence-electron chi connectivity index (χ3n) is 4.00. The first-order valence-corrected chi connectivity index (χ1v) is 7.79. The zero-order valence-corrected chi connectivity index (χ0v) is 13.3. The number of benzene rings is 3. The molecule has 0 spiro atoms. The number of aromatic carboxylic acids is 2. The van der Waals surface area contributed by atoms with Crippen molar-refractivity contribution in [2.75, 3.05) is 0 Å². The van der Waals surface area contributed by atoms with E-state index in [4.69, 9.17) is 0 Å². The van der Waals surface area contributed by atoms with Crippen molar-refractivity contribution in [1.82, 2.24) is 0 Å². The highest BCUT2D eigenvalue weighted by Gasteiger charge is 2.20. The Morgan fingerprint density at radius 3 is 1.92 bits per heavy atom. The molecular formula is C21H16O4. The number of carboxylic acids is 2. The first kappa shape index (κ1) is 16.5. The Morgan fingerprint density at radius 2 is 1.36 bits per heavy atom. The van der Waals surface area contributed by atoms with Gasteiger partial charge in [0.2, 0.25) is 0 Å².